The van der Waals surface area contributed by atoms with Gasteiger partial charge < -0.3 is 19.7 Å². The van der Waals surface area contributed by atoms with Crippen molar-refractivity contribution in [2.24, 2.45) is 46.3 Å². The molecule has 0 aromatic carbocycles. The zero-order chi connectivity index (χ0) is 30.7. The predicted octanol–water partition coefficient (Wildman–Crippen LogP) is 2.35. The molecule has 10 atom stereocenters. The molecule has 5 saturated carbocycles. The maximum absolute atomic E-state index is 14.8. The molecule has 242 valence electrons. The van der Waals surface area contributed by atoms with Crippen molar-refractivity contribution in [1.82, 2.24) is 4.90 Å². The van der Waals surface area contributed by atoms with Crippen LogP contribution in [0.15, 0.2) is 0 Å². The molecule has 43 heavy (non-hydrogen) atoms. The van der Waals surface area contributed by atoms with E-state index in [2.05, 4.69) is 13.8 Å². The van der Waals surface area contributed by atoms with Gasteiger partial charge in [-0.3, -0.25) is 4.79 Å². The summed E-state index contributed by atoms with van der Waals surface area (Å²) >= 11 is 0. The van der Waals surface area contributed by atoms with Gasteiger partial charge in [0.25, 0.3) is 5.92 Å². The Kier molecular flexibility index (Phi) is 11.2. The van der Waals surface area contributed by atoms with Gasteiger partial charge in [-0.05, 0) is 104 Å². The first kappa shape index (κ1) is 36.0. The Morgan fingerprint density at radius 1 is 1.00 bits per heavy atom. The summed E-state index contributed by atoms with van der Waals surface area (Å²) in [4.78, 5) is 15.1. The first-order chi connectivity index (χ1) is 19.6. The second-order valence-electron chi connectivity index (χ2n) is 15.4. The molecule has 0 aliphatic heterocycles. The Morgan fingerprint density at radius 2 is 1.65 bits per heavy atom. The van der Waals surface area contributed by atoms with Crippen molar-refractivity contribution >= 4 is 16.0 Å². The first-order valence-corrected chi connectivity index (χ1v) is 18.1. The maximum Gasteiger partial charge on any atom is 1.00 e. The van der Waals surface area contributed by atoms with Gasteiger partial charge in [-0.15, -0.1) is 0 Å². The molecular weight excluding hydrogens is 587 g/mol. The Morgan fingerprint density at radius 3 is 2.30 bits per heavy atom. The van der Waals surface area contributed by atoms with E-state index in [1.165, 1.54) is 0 Å². The fourth-order valence-corrected chi connectivity index (χ4v) is 11.4. The quantitative estimate of drug-likeness (QED) is 0.311. The molecule has 0 aromatic heterocycles. The van der Waals surface area contributed by atoms with Gasteiger partial charge >= 0.3 is 29.6 Å². The van der Waals surface area contributed by atoms with Gasteiger partial charge in [0.05, 0.1) is 22.0 Å². The molecule has 0 aromatic rings. The number of nitrogens with zero attached hydrogens (tertiary/aromatic N) is 1. The van der Waals surface area contributed by atoms with E-state index in [9.17, 15) is 36.8 Å². The number of carbonyl (C=O) groups excluding carboxylic acids is 1. The van der Waals surface area contributed by atoms with E-state index in [0.717, 1.165) is 57.8 Å². The van der Waals surface area contributed by atoms with E-state index < -0.39 is 39.4 Å². The monoisotopic (exact) mass is 639 g/mol. The Labute approximate surface area is 279 Å². The van der Waals surface area contributed by atoms with Gasteiger partial charge in [-0.2, -0.15) is 0 Å². The maximum atomic E-state index is 14.8. The van der Waals surface area contributed by atoms with Crippen LogP contribution in [0.3, 0.4) is 0 Å². The standard InChI is InChI=1S/C32H53F2NO6S.Na/c1-20(9-12-28(38)35(15-16-42(39,40)41)22-7-5-4-6-8-22)23-10-11-24-29-25(13-14-30(23,24)2)31(3)19-32(33,34)27(37)18-21(31)17-26(29)36;/h20-27,29,36-37H,4-19H2,1-3H3,(H,39,40,41);/q;+1/p-1/t20-,21-,23-,24+,25+,26+,27-,29+,30-,31+;/m1./s1. The largest absolute Gasteiger partial charge is 1.00 e. The van der Waals surface area contributed by atoms with Crippen LogP contribution in [-0.4, -0.2) is 70.5 Å². The molecule has 11 heteroatoms. The van der Waals surface area contributed by atoms with Gasteiger partial charge in [0, 0.05) is 25.4 Å². The van der Waals surface area contributed by atoms with Crippen molar-refractivity contribution in [1.29, 1.82) is 0 Å². The third-order valence-corrected chi connectivity index (χ3v) is 13.9. The molecular formula is C32H52F2NNaO6S. The van der Waals surface area contributed by atoms with Crippen LogP contribution < -0.4 is 29.6 Å². The molecule has 5 aliphatic rings. The molecule has 0 saturated heterocycles. The van der Waals surface area contributed by atoms with Crippen molar-refractivity contribution in [2.45, 2.75) is 135 Å². The minimum absolute atomic E-state index is 0. The van der Waals surface area contributed by atoms with Crippen molar-refractivity contribution in [3.63, 3.8) is 0 Å². The summed E-state index contributed by atoms with van der Waals surface area (Å²) in [6, 6.07) is -0.00165. The summed E-state index contributed by atoms with van der Waals surface area (Å²) in [5.74, 6) is -2.98. The fourth-order valence-electron chi connectivity index (χ4n) is 11.0. The van der Waals surface area contributed by atoms with Gasteiger partial charge in [0.15, 0.2) is 0 Å². The Bertz CT molecular complexity index is 1110. The number of hydrogen-bond acceptors (Lipinski definition) is 6. The minimum atomic E-state index is -4.41. The van der Waals surface area contributed by atoms with E-state index in [-0.39, 0.29) is 95.9 Å². The number of halogens is 2. The van der Waals surface area contributed by atoms with E-state index in [1.807, 2.05) is 6.92 Å². The average Bonchev–Trinajstić information content (AvgIpc) is 3.26. The smallest absolute Gasteiger partial charge is 0.748 e. The van der Waals surface area contributed by atoms with Crippen LogP contribution in [0.1, 0.15) is 111 Å². The van der Waals surface area contributed by atoms with Gasteiger partial charge in [-0.1, -0.05) is 40.0 Å². The number of fused-ring (bicyclic) bond motifs is 5. The minimum Gasteiger partial charge on any atom is -0.748 e. The summed E-state index contributed by atoms with van der Waals surface area (Å²) in [5, 5.41) is 21.6. The van der Waals surface area contributed by atoms with Gasteiger partial charge in [0.2, 0.25) is 5.91 Å². The molecule has 0 heterocycles. The van der Waals surface area contributed by atoms with Crippen molar-refractivity contribution in [3.8, 4) is 0 Å². The molecule has 0 spiro atoms. The second kappa shape index (κ2) is 13.3. The zero-order valence-corrected chi connectivity index (χ0v) is 29.5. The van der Waals surface area contributed by atoms with Crippen LogP contribution in [-0.2, 0) is 14.9 Å². The number of alkyl halides is 2. The normalized spacial score (nSPS) is 41.7. The van der Waals surface area contributed by atoms with Gasteiger partial charge in [0.1, 0.15) is 6.10 Å². The molecule has 1 amide bonds. The Hall–Kier alpha value is 0.160. The summed E-state index contributed by atoms with van der Waals surface area (Å²) in [6.45, 7) is 6.46. The topological polar surface area (TPSA) is 118 Å². The third-order valence-electron chi connectivity index (χ3n) is 13.2. The molecule has 0 bridgehead atoms. The summed E-state index contributed by atoms with van der Waals surface area (Å²) in [7, 11) is -4.41. The molecule has 7 nitrogen and oxygen atoms in total. The third kappa shape index (κ3) is 7.06. The number of hydrogen-bond donors (Lipinski definition) is 2. The van der Waals surface area contributed by atoms with E-state index in [1.54, 1.807) is 4.90 Å². The number of aliphatic hydroxyl groups is 2. The molecule has 2 N–H and O–H groups in total. The summed E-state index contributed by atoms with van der Waals surface area (Å²) < 4.78 is 63.7. The van der Waals surface area contributed by atoms with E-state index in [4.69, 9.17) is 0 Å². The second-order valence-corrected chi connectivity index (χ2v) is 16.9. The first-order valence-electron chi connectivity index (χ1n) is 16.5. The van der Waals surface area contributed by atoms with Crippen LogP contribution in [0, 0.1) is 46.3 Å². The number of aliphatic hydroxyl groups excluding tert-OH is 2. The molecule has 5 aliphatic carbocycles. The fraction of sp³-hybridized carbons (Fsp3) is 0.969. The van der Waals surface area contributed by atoms with Crippen molar-refractivity contribution in [2.75, 3.05) is 12.3 Å². The number of amides is 1. The zero-order valence-electron chi connectivity index (χ0n) is 26.6. The molecule has 5 rings (SSSR count). The molecule has 0 radical (unpaired) electrons. The van der Waals surface area contributed by atoms with Gasteiger partial charge in [-0.25, -0.2) is 17.2 Å². The number of carbonyl (C=O) groups is 1. The molecule has 0 unspecified atom stereocenters. The molecule has 5 fully saturated rings. The summed E-state index contributed by atoms with van der Waals surface area (Å²) in [5.41, 5.74) is -0.631. The van der Waals surface area contributed by atoms with Crippen molar-refractivity contribution < 1.29 is 66.3 Å². The van der Waals surface area contributed by atoms with Crippen LogP contribution in [0.25, 0.3) is 0 Å². The predicted molar refractivity (Wildman–Crippen MR) is 154 cm³/mol. The Balaban J connectivity index is 0.00000423. The number of rotatable bonds is 8. The van der Waals surface area contributed by atoms with Crippen LogP contribution >= 0.6 is 0 Å². The van der Waals surface area contributed by atoms with Crippen LogP contribution in [0.5, 0.6) is 0 Å². The van der Waals surface area contributed by atoms with Crippen LogP contribution in [0.4, 0.5) is 8.78 Å². The SMILES string of the molecule is C[C@H](CCC(=O)N(CCS(=O)(=O)[O-])C1CCCCC1)[C@H]1CC[C@H]2[C@@H]3[C@@H](O)C[C@@H]4C[C@@H](O)C(F)(F)C[C@]4(C)[C@H]3CC[C@]12C.[Na+]. The van der Waals surface area contributed by atoms with Crippen molar-refractivity contribution in [3.05, 3.63) is 0 Å². The summed E-state index contributed by atoms with van der Waals surface area (Å²) in [6.07, 6.45) is 7.50. The average molecular weight is 640 g/mol. The van der Waals surface area contributed by atoms with Crippen LogP contribution in [0.2, 0.25) is 0 Å². The van der Waals surface area contributed by atoms with E-state index >= 15 is 0 Å². The van der Waals surface area contributed by atoms with E-state index in [0.29, 0.717) is 25.2 Å².